The van der Waals surface area contributed by atoms with Crippen LogP contribution >= 0.6 is 0 Å². The van der Waals surface area contributed by atoms with Gasteiger partial charge in [0.15, 0.2) is 6.29 Å². The number of hydrogen-bond donors (Lipinski definition) is 0. The Labute approximate surface area is 168 Å². The predicted octanol–water partition coefficient (Wildman–Crippen LogP) is 4.25. The average Bonchev–Trinajstić information content (AvgIpc) is 2.73. The van der Waals surface area contributed by atoms with Crippen molar-refractivity contribution in [2.75, 3.05) is 24.6 Å². The Morgan fingerprint density at radius 1 is 1.28 bits per heavy atom. The lowest BCUT2D eigenvalue weighted by Gasteiger charge is -2.26. The Bertz CT molecular complexity index is 921. The molecule has 1 unspecified atom stereocenters. The van der Waals surface area contributed by atoms with Crippen molar-refractivity contribution in [3.8, 4) is 6.07 Å². The molecule has 0 fully saturated rings. The number of anilines is 1. The summed E-state index contributed by atoms with van der Waals surface area (Å²) in [6, 6.07) is 13.3. The molecule has 0 spiro atoms. The van der Waals surface area contributed by atoms with Crippen LogP contribution in [0.1, 0.15) is 12.5 Å². The lowest BCUT2D eigenvalue weighted by molar-refractivity contribution is -0.384. The Hall–Kier alpha value is -3.64. The molecule has 2 aromatic rings. The Morgan fingerprint density at radius 3 is 2.55 bits per heavy atom. The molecule has 0 amide bonds. The van der Waals surface area contributed by atoms with E-state index in [0.29, 0.717) is 30.8 Å². The SMILES string of the molecule is CCN(CC(C=O)OCC#N)c1ccc(N=Nc2ccc([N+](=O)[O-])cc2)c(C)c1. The molecule has 0 saturated carbocycles. The van der Waals surface area contributed by atoms with E-state index in [2.05, 4.69) is 10.2 Å². The van der Waals surface area contributed by atoms with E-state index in [-0.39, 0.29) is 12.3 Å². The number of nitrogens with zero attached hydrogens (tertiary/aromatic N) is 5. The van der Waals surface area contributed by atoms with Crippen molar-refractivity contribution in [1.29, 1.82) is 5.26 Å². The van der Waals surface area contributed by atoms with Crippen molar-refractivity contribution in [3.05, 3.63) is 58.1 Å². The van der Waals surface area contributed by atoms with Crippen LogP contribution in [0.2, 0.25) is 0 Å². The maximum atomic E-state index is 11.2. The smallest absolute Gasteiger partial charge is 0.269 e. The van der Waals surface area contributed by atoms with Crippen molar-refractivity contribution < 1.29 is 14.5 Å². The van der Waals surface area contributed by atoms with Gasteiger partial charge in [-0.25, -0.2) is 0 Å². The molecular weight excluding hydrogens is 374 g/mol. The number of non-ortho nitro benzene ring substituents is 1. The summed E-state index contributed by atoms with van der Waals surface area (Å²) in [6.45, 7) is 4.71. The maximum absolute atomic E-state index is 11.2. The molecule has 0 aliphatic heterocycles. The fourth-order valence-electron chi connectivity index (χ4n) is 2.61. The van der Waals surface area contributed by atoms with E-state index in [0.717, 1.165) is 11.3 Å². The van der Waals surface area contributed by atoms with E-state index >= 15 is 0 Å². The summed E-state index contributed by atoms with van der Waals surface area (Å²) in [4.78, 5) is 23.4. The van der Waals surface area contributed by atoms with E-state index in [1.54, 1.807) is 0 Å². The third-order valence-corrected chi connectivity index (χ3v) is 4.18. The van der Waals surface area contributed by atoms with Crippen LogP contribution in [0.4, 0.5) is 22.7 Å². The zero-order valence-corrected chi connectivity index (χ0v) is 16.2. The Balaban J connectivity index is 2.12. The van der Waals surface area contributed by atoms with E-state index in [1.807, 2.05) is 43.0 Å². The van der Waals surface area contributed by atoms with Crippen LogP contribution in [0.15, 0.2) is 52.7 Å². The third-order valence-electron chi connectivity index (χ3n) is 4.18. The number of nitro benzene ring substituents is 1. The van der Waals surface area contributed by atoms with Crippen molar-refractivity contribution in [1.82, 2.24) is 0 Å². The van der Waals surface area contributed by atoms with Gasteiger partial charge in [0, 0.05) is 24.4 Å². The van der Waals surface area contributed by atoms with E-state index in [4.69, 9.17) is 10.00 Å². The number of benzene rings is 2. The number of aryl methyl sites for hydroxylation is 1. The highest BCUT2D eigenvalue weighted by Crippen LogP contribution is 2.27. The van der Waals surface area contributed by atoms with Gasteiger partial charge in [-0.15, -0.1) is 0 Å². The molecule has 9 heteroatoms. The monoisotopic (exact) mass is 395 g/mol. The summed E-state index contributed by atoms with van der Waals surface area (Å²) in [5.74, 6) is 0. The first kappa shape index (κ1) is 21.7. The van der Waals surface area contributed by atoms with Gasteiger partial charge < -0.3 is 14.4 Å². The van der Waals surface area contributed by atoms with Crippen molar-refractivity contribution >= 4 is 29.0 Å². The predicted molar refractivity (Wildman–Crippen MR) is 108 cm³/mol. The molecule has 0 heterocycles. The lowest BCUT2D eigenvalue weighted by atomic mass is 10.1. The quantitative estimate of drug-likeness (QED) is 0.256. The Morgan fingerprint density at radius 2 is 2.00 bits per heavy atom. The summed E-state index contributed by atoms with van der Waals surface area (Å²) in [5, 5.41) is 27.6. The highest BCUT2D eigenvalue weighted by atomic mass is 16.6. The molecule has 0 aromatic heterocycles. The zero-order valence-electron chi connectivity index (χ0n) is 16.2. The number of nitro groups is 1. The van der Waals surface area contributed by atoms with Gasteiger partial charge in [-0.05, 0) is 49.7 Å². The molecule has 0 saturated heterocycles. The molecule has 0 bridgehead atoms. The minimum Gasteiger partial charge on any atom is -0.369 e. The maximum Gasteiger partial charge on any atom is 0.269 e. The van der Waals surface area contributed by atoms with Crippen molar-refractivity contribution in [2.45, 2.75) is 20.0 Å². The van der Waals surface area contributed by atoms with Gasteiger partial charge in [-0.1, -0.05) is 0 Å². The number of likely N-dealkylation sites (N-methyl/N-ethyl adjacent to an activating group) is 1. The highest BCUT2D eigenvalue weighted by molar-refractivity contribution is 5.61. The van der Waals surface area contributed by atoms with Gasteiger partial charge in [0.1, 0.15) is 12.7 Å². The van der Waals surface area contributed by atoms with E-state index < -0.39 is 11.0 Å². The van der Waals surface area contributed by atoms with E-state index in [9.17, 15) is 14.9 Å². The van der Waals surface area contributed by atoms with Crippen LogP contribution in [-0.2, 0) is 9.53 Å². The summed E-state index contributed by atoms with van der Waals surface area (Å²) in [5.41, 5.74) is 2.95. The van der Waals surface area contributed by atoms with Crippen LogP contribution in [-0.4, -0.2) is 37.0 Å². The molecule has 0 radical (unpaired) electrons. The second kappa shape index (κ2) is 10.6. The molecule has 9 nitrogen and oxygen atoms in total. The molecule has 0 aliphatic carbocycles. The fraction of sp³-hybridized carbons (Fsp3) is 0.300. The number of azo groups is 1. The number of carbonyl (C=O) groups excluding carboxylic acids is 1. The van der Waals surface area contributed by atoms with Gasteiger partial charge in [0.2, 0.25) is 0 Å². The standard InChI is InChI=1S/C20H21N5O4/c1-3-24(13-19(14-26)29-11-10-21)18-8-9-20(15(2)12-18)23-22-16-4-6-17(7-5-16)25(27)28/h4-9,12,14,19H,3,11,13H2,1-2H3. The molecule has 29 heavy (non-hydrogen) atoms. The minimum absolute atomic E-state index is 0.00322. The molecule has 2 rings (SSSR count). The van der Waals surface area contributed by atoms with Gasteiger partial charge >= 0.3 is 0 Å². The Kier molecular flexibility index (Phi) is 7.94. The van der Waals surface area contributed by atoms with Crippen LogP contribution in [0.25, 0.3) is 0 Å². The summed E-state index contributed by atoms with van der Waals surface area (Å²) >= 11 is 0. The van der Waals surface area contributed by atoms with Crippen molar-refractivity contribution in [3.63, 3.8) is 0 Å². The molecule has 150 valence electrons. The molecule has 0 aliphatic rings. The molecule has 0 N–H and O–H groups in total. The largest absolute Gasteiger partial charge is 0.369 e. The van der Waals surface area contributed by atoms with Crippen LogP contribution < -0.4 is 4.90 Å². The van der Waals surface area contributed by atoms with Crippen molar-refractivity contribution in [2.24, 2.45) is 10.2 Å². The first-order valence-corrected chi connectivity index (χ1v) is 8.94. The summed E-state index contributed by atoms with van der Waals surface area (Å²) in [7, 11) is 0. The number of rotatable bonds is 10. The number of carbonyl (C=O) groups is 1. The first-order valence-electron chi connectivity index (χ1n) is 8.94. The molecule has 1 atom stereocenters. The van der Waals surface area contributed by atoms with Gasteiger partial charge in [0.05, 0.1) is 28.9 Å². The second-order valence-electron chi connectivity index (χ2n) is 6.13. The normalized spacial score (nSPS) is 11.8. The number of ether oxygens (including phenoxy) is 1. The summed E-state index contributed by atoms with van der Waals surface area (Å²) in [6.07, 6.45) is 0.0102. The second-order valence-corrected chi connectivity index (χ2v) is 6.13. The molecular formula is C20H21N5O4. The number of hydrogen-bond acceptors (Lipinski definition) is 8. The van der Waals surface area contributed by atoms with Gasteiger partial charge in [-0.3, -0.25) is 10.1 Å². The average molecular weight is 395 g/mol. The first-order chi connectivity index (χ1) is 14.0. The number of aldehydes is 1. The lowest BCUT2D eigenvalue weighted by Crippen LogP contribution is -2.35. The van der Waals surface area contributed by atoms with E-state index in [1.165, 1.54) is 24.3 Å². The highest BCUT2D eigenvalue weighted by Gasteiger charge is 2.14. The minimum atomic E-state index is -0.684. The van der Waals surface area contributed by atoms with Crippen LogP contribution in [0, 0.1) is 28.4 Å². The zero-order chi connectivity index (χ0) is 21.2. The van der Waals surface area contributed by atoms with Gasteiger partial charge in [-0.2, -0.15) is 15.5 Å². The third kappa shape index (κ3) is 6.19. The summed E-state index contributed by atoms with van der Waals surface area (Å²) < 4.78 is 5.21. The van der Waals surface area contributed by atoms with Gasteiger partial charge in [0.25, 0.3) is 5.69 Å². The van der Waals surface area contributed by atoms with Crippen LogP contribution in [0.5, 0.6) is 0 Å². The molecule has 2 aromatic carbocycles. The fourth-order valence-corrected chi connectivity index (χ4v) is 2.61. The van der Waals surface area contributed by atoms with Crippen LogP contribution in [0.3, 0.4) is 0 Å². The topological polar surface area (TPSA) is 121 Å². The number of nitriles is 1.